The molecule has 14 heavy (non-hydrogen) atoms. The number of benzene rings is 1. The molecule has 0 aromatic heterocycles. The third kappa shape index (κ3) is 3.79. The molecule has 0 saturated heterocycles. The molecule has 1 aromatic rings. The number of nitrogens with zero attached hydrogens (tertiary/aromatic N) is 1. The highest BCUT2D eigenvalue weighted by molar-refractivity contribution is 5.42. The number of hydrogen-bond acceptors (Lipinski definition) is 2. The minimum Gasteiger partial charge on any atom is -0.288 e. The number of hydrogen-bond donors (Lipinski definition) is 1. The van der Waals surface area contributed by atoms with E-state index in [4.69, 9.17) is 0 Å². The monoisotopic (exact) mass is 193 g/mol. The molecule has 0 bridgehead atoms. The van der Waals surface area contributed by atoms with Crippen molar-refractivity contribution in [3.63, 3.8) is 0 Å². The lowest BCUT2D eigenvalue weighted by Gasteiger charge is -2.16. The van der Waals surface area contributed by atoms with E-state index in [9.17, 15) is 5.21 Å². The number of anilines is 1. The lowest BCUT2D eigenvalue weighted by Crippen LogP contribution is -2.19. The molecule has 0 spiro atoms. The quantitative estimate of drug-likeness (QED) is 0.552. The van der Waals surface area contributed by atoms with Crippen LogP contribution in [0.25, 0.3) is 0 Å². The van der Waals surface area contributed by atoms with Crippen molar-refractivity contribution in [3.05, 3.63) is 30.3 Å². The summed E-state index contributed by atoms with van der Waals surface area (Å²) in [5.41, 5.74) is 0.879. The average molecular weight is 193 g/mol. The van der Waals surface area contributed by atoms with Crippen molar-refractivity contribution in [2.75, 3.05) is 11.6 Å². The van der Waals surface area contributed by atoms with Gasteiger partial charge in [0.25, 0.3) is 0 Å². The van der Waals surface area contributed by atoms with E-state index in [0.29, 0.717) is 0 Å². The van der Waals surface area contributed by atoms with Crippen LogP contribution in [0.4, 0.5) is 5.69 Å². The SMILES string of the molecule is CCCCCCN(O)c1ccccc1. The zero-order valence-corrected chi connectivity index (χ0v) is 8.82. The molecule has 0 heterocycles. The second kappa shape index (κ2) is 6.44. The molecular formula is C12H19NO. The molecule has 0 aliphatic carbocycles. The lowest BCUT2D eigenvalue weighted by molar-refractivity contribution is 0.251. The van der Waals surface area contributed by atoms with Crippen molar-refractivity contribution >= 4 is 5.69 Å². The maximum atomic E-state index is 9.65. The van der Waals surface area contributed by atoms with E-state index in [-0.39, 0.29) is 0 Å². The summed E-state index contributed by atoms with van der Waals surface area (Å²) in [6, 6.07) is 9.66. The van der Waals surface area contributed by atoms with Gasteiger partial charge in [0.1, 0.15) is 0 Å². The molecule has 0 aliphatic heterocycles. The van der Waals surface area contributed by atoms with Crippen molar-refractivity contribution < 1.29 is 5.21 Å². The van der Waals surface area contributed by atoms with Gasteiger partial charge >= 0.3 is 0 Å². The summed E-state index contributed by atoms with van der Waals surface area (Å²) in [5.74, 6) is 0. The Morgan fingerprint density at radius 2 is 1.79 bits per heavy atom. The molecular weight excluding hydrogens is 174 g/mol. The largest absolute Gasteiger partial charge is 0.288 e. The van der Waals surface area contributed by atoms with E-state index >= 15 is 0 Å². The Bertz CT molecular complexity index is 235. The summed E-state index contributed by atoms with van der Waals surface area (Å²) >= 11 is 0. The van der Waals surface area contributed by atoms with Crippen LogP contribution in [0.15, 0.2) is 30.3 Å². The van der Waals surface area contributed by atoms with Crippen LogP contribution in [0.1, 0.15) is 32.6 Å². The van der Waals surface area contributed by atoms with Gasteiger partial charge in [-0.1, -0.05) is 44.4 Å². The van der Waals surface area contributed by atoms with Gasteiger partial charge in [-0.25, -0.2) is 0 Å². The average Bonchev–Trinajstić information content (AvgIpc) is 2.25. The Balaban J connectivity index is 2.25. The fraction of sp³-hybridized carbons (Fsp3) is 0.500. The number of rotatable bonds is 6. The molecule has 0 saturated carbocycles. The summed E-state index contributed by atoms with van der Waals surface area (Å²) in [7, 11) is 0. The Kier molecular flexibility index (Phi) is 5.08. The van der Waals surface area contributed by atoms with Gasteiger partial charge in [0, 0.05) is 6.54 Å². The molecule has 2 nitrogen and oxygen atoms in total. The molecule has 1 N–H and O–H groups in total. The van der Waals surface area contributed by atoms with Crippen LogP contribution in [-0.4, -0.2) is 11.8 Å². The summed E-state index contributed by atoms with van der Waals surface area (Å²) in [5, 5.41) is 11.0. The van der Waals surface area contributed by atoms with Crippen molar-refractivity contribution in [2.24, 2.45) is 0 Å². The van der Waals surface area contributed by atoms with E-state index in [1.807, 2.05) is 30.3 Å². The van der Waals surface area contributed by atoms with Gasteiger partial charge in [0.15, 0.2) is 0 Å². The van der Waals surface area contributed by atoms with Crippen LogP contribution in [0.3, 0.4) is 0 Å². The third-order valence-electron chi connectivity index (χ3n) is 2.28. The lowest BCUT2D eigenvalue weighted by atomic mass is 10.2. The van der Waals surface area contributed by atoms with E-state index in [1.165, 1.54) is 24.3 Å². The van der Waals surface area contributed by atoms with Gasteiger partial charge in [0.05, 0.1) is 5.69 Å². The zero-order valence-electron chi connectivity index (χ0n) is 8.82. The molecule has 0 aliphatic rings. The zero-order chi connectivity index (χ0) is 10.2. The van der Waals surface area contributed by atoms with Gasteiger partial charge < -0.3 is 0 Å². The molecule has 0 radical (unpaired) electrons. The van der Waals surface area contributed by atoms with Gasteiger partial charge in [-0.15, -0.1) is 0 Å². The maximum Gasteiger partial charge on any atom is 0.0634 e. The molecule has 0 unspecified atom stereocenters. The fourth-order valence-electron chi connectivity index (χ4n) is 1.42. The Labute approximate surface area is 86.1 Å². The van der Waals surface area contributed by atoms with Crippen LogP contribution in [-0.2, 0) is 0 Å². The summed E-state index contributed by atoms with van der Waals surface area (Å²) in [4.78, 5) is 0. The summed E-state index contributed by atoms with van der Waals surface area (Å²) in [6.07, 6.45) is 4.74. The first-order valence-corrected chi connectivity index (χ1v) is 5.36. The predicted octanol–water partition coefficient (Wildman–Crippen LogP) is 3.46. The van der Waals surface area contributed by atoms with Crippen molar-refractivity contribution in [1.29, 1.82) is 0 Å². The first-order valence-electron chi connectivity index (χ1n) is 5.36. The van der Waals surface area contributed by atoms with Gasteiger partial charge in [0.2, 0.25) is 0 Å². The second-order valence-electron chi connectivity index (χ2n) is 3.52. The van der Waals surface area contributed by atoms with Crippen molar-refractivity contribution in [3.8, 4) is 0 Å². The van der Waals surface area contributed by atoms with Crippen LogP contribution < -0.4 is 5.06 Å². The van der Waals surface area contributed by atoms with Gasteiger partial charge in [-0.2, -0.15) is 0 Å². The first kappa shape index (κ1) is 11.1. The highest BCUT2D eigenvalue weighted by atomic mass is 16.5. The molecule has 0 fully saturated rings. The molecule has 0 atom stereocenters. The predicted molar refractivity (Wildman–Crippen MR) is 59.7 cm³/mol. The highest BCUT2D eigenvalue weighted by Crippen LogP contribution is 2.11. The standard InChI is InChI=1S/C12H19NO/c1-2-3-4-8-11-13(14)12-9-6-5-7-10-12/h5-7,9-10,14H,2-4,8,11H2,1H3. The third-order valence-corrected chi connectivity index (χ3v) is 2.28. The molecule has 0 amide bonds. The smallest absolute Gasteiger partial charge is 0.0634 e. The molecule has 2 heteroatoms. The number of unbranched alkanes of at least 4 members (excludes halogenated alkanes) is 3. The number of hydroxylamine groups is 1. The van der Waals surface area contributed by atoms with E-state index in [0.717, 1.165) is 18.7 Å². The van der Waals surface area contributed by atoms with E-state index < -0.39 is 0 Å². The van der Waals surface area contributed by atoms with Crippen LogP contribution in [0.5, 0.6) is 0 Å². The van der Waals surface area contributed by atoms with E-state index in [1.54, 1.807) is 0 Å². The highest BCUT2D eigenvalue weighted by Gasteiger charge is 2.00. The molecule has 1 aromatic carbocycles. The van der Waals surface area contributed by atoms with Crippen LogP contribution in [0, 0.1) is 0 Å². The summed E-state index contributed by atoms with van der Waals surface area (Å²) < 4.78 is 0. The van der Waals surface area contributed by atoms with Crippen molar-refractivity contribution in [1.82, 2.24) is 0 Å². The minimum atomic E-state index is 0.726. The normalized spacial score (nSPS) is 10.1. The second-order valence-corrected chi connectivity index (χ2v) is 3.52. The minimum absolute atomic E-state index is 0.726. The number of para-hydroxylation sites is 1. The molecule has 1 rings (SSSR count). The van der Waals surface area contributed by atoms with Crippen molar-refractivity contribution in [2.45, 2.75) is 32.6 Å². The van der Waals surface area contributed by atoms with Crippen LogP contribution >= 0.6 is 0 Å². The summed E-state index contributed by atoms with van der Waals surface area (Å²) in [6.45, 7) is 2.91. The maximum absolute atomic E-state index is 9.65. The van der Waals surface area contributed by atoms with Crippen LogP contribution in [0.2, 0.25) is 0 Å². The Morgan fingerprint density at radius 1 is 1.07 bits per heavy atom. The van der Waals surface area contributed by atoms with Gasteiger partial charge in [-0.3, -0.25) is 10.3 Å². The topological polar surface area (TPSA) is 23.5 Å². The Morgan fingerprint density at radius 3 is 2.43 bits per heavy atom. The fourth-order valence-corrected chi connectivity index (χ4v) is 1.42. The van der Waals surface area contributed by atoms with E-state index in [2.05, 4.69) is 6.92 Å². The van der Waals surface area contributed by atoms with Gasteiger partial charge in [-0.05, 0) is 18.6 Å². The molecule has 78 valence electrons. The Hall–Kier alpha value is -1.02. The first-order chi connectivity index (χ1) is 6.84.